The molecule has 0 spiro atoms. The Morgan fingerprint density at radius 2 is 2.17 bits per heavy atom. The van der Waals surface area contributed by atoms with Crippen molar-refractivity contribution in [1.82, 2.24) is 24.8 Å². The number of carbonyl (C=O) groups is 1. The molecule has 6 nitrogen and oxygen atoms in total. The normalized spacial score (nSPS) is 12.1. The van der Waals surface area contributed by atoms with Gasteiger partial charge in [-0.3, -0.25) is 9.36 Å². The van der Waals surface area contributed by atoms with Crippen molar-refractivity contribution in [3.05, 3.63) is 58.2 Å². The Bertz CT molecular complexity index is 825. The van der Waals surface area contributed by atoms with Crippen molar-refractivity contribution in [2.24, 2.45) is 0 Å². The summed E-state index contributed by atoms with van der Waals surface area (Å²) >= 11 is 1.61. The highest BCUT2D eigenvalue weighted by Crippen LogP contribution is 2.24. The zero-order chi connectivity index (χ0) is 16.4. The van der Waals surface area contributed by atoms with Crippen LogP contribution in [-0.4, -0.2) is 25.4 Å². The first-order valence-electron chi connectivity index (χ1n) is 7.24. The molecule has 1 atom stereocenters. The molecule has 118 valence electrons. The first kappa shape index (κ1) is 15.4. The van der Waals surface area contributed by atoms with Gasteiger partial charge in [-0.05, 0) is 32.9 Å². The third kappa shape index (κ3) is 3.29. The molecule has 1 N–H and O–H groups in total. The lowest BCUT2D eigenvalue weighted by Crippen LogP contribution is -2.26. The van der Waals surface area contributed by atoms with Crippen LogP contribution in [0.5, 0.6) is 0 Å². The average molecular weight is 327 g/mol. The highest BCUT2D eigenvalue weighted by Gasteiger charge is 2.16. The second-order valence-corrected chi connectivity index (χ2v) is 6.49. The van der Waals surface area contributed by atoms with Crippen molar-refractivity contribution in [2.75, 3.05) is 0 Å². The predicted molar refractivity (Wildman–Crippen MR) is 88.8 cm³/mol. The van der Waals surface area contributed by atoms with Crippen LogP contribution in [0.15, 0.2) is 37.1 Å². The maximum Gasteiger partial charge on any atom is 0.251 e. The highest BCUT2D eigenvalue weighted by atomic mass is 32.1. The molecule has 3 aromatic rings. The average Bonchev–Trinajstić information content (AvgIpc) is 3.17. The standard InChI is InChI=1S/C16H17N5OS/c1-10-15(23-12(3)19-10)11(2)20-16(22)13-4-5-18-14(8-13)21-7-6-17-9-21/h4-9,11H,1-3H3,(H,20,22)/t11-/m1/s1. The summed E-state index contributed by atoms with van der Waals surface area (Å²) in [5.74, 6) is 0.527. The second-order valence-electron chi connectivity index (χ2n) is 5.25. The smallest absolute Gasteiger partial charge is 0.251 e. The van der Waals surface area contributed by atoms with E-state index < -0.39 is 0 Å². The summed E-state index contributed by atoms with van der Waals surface area (Å²) in [6.45, 7) is 5.90. The van der Waals surface area contributed by atoms with E-state index in [9.17, 15) is 4.79 Å². The van der Waals surface area contributed by atoms with Crippen LogP contribution < -0.4 is 5.32 Å². The quantitative estimate of drug-likeness (QED) is 0.800. The molecule has 0 unspecified atom stereocenters. The Kier molecular flexibility index (Phi) is 4.20. The van der Waals surface area contributed by atoms with Crippen molar-refractivity contribution in [1.29, 1.82) is 0 Å². The van der Waals surface area contributed by atoms with E-state index in [2.05, 4.69) is 20.3 Å². The number of amides is 1. The van der Waals surface area contributed by atoms with Crippen LogP contribution in [0.3, 0.4) is 0 Å². The number of carbonyl (C=O) groups excluding carboxylic acids is 1. The molecule has 0 bridgehead atoms. The molecule has 7 heteroatoms. The van der Waals surface area contributed by atoms with Crippen molar-refractivity contribution in [3.63, 3.8) is 0 Å². The van der Waals surface area contributed by atoms with Gasteiger partial charge in [-0.25, -0.2) is 15.0 Å². The van der Waals surface area contributed by atoms with Gasteiger partial charge in [0, 0.05) is 29.0 Å². The fourth-order valence-corrected chi connectivity index (χ4v) is 3.32. The maximum absolute atomic E-state index is 12.5. The molecule has 0 aliphatic heterocycles. The minimum atomic E-state index is -0.133. The summed E-state index contributed by atoms with van der Waals surface area (Å²) in [6.07, 6.45) is 6.73. The van der Waals surface area contributed by atoms with Gasteiger partial charge in [0.2, 0.25) is 0 Å². The van der Waals surface area contributed by atoms with Gasteiger partial charge in [-0.15, -0.1) is 11.3 Å². The van der Waals surface area contributed by atoms with E-state index in [0.29, 0.717) is 11.4 Å². The summed E-state index contributed by atoms with van der Waals surface area (Å²) < 4.78 is 1.76. The Balaban J connectivity index is 1.78. The van der Waals surface area contributed by atoms with E-state index in [1.807, 2.05) is 20.8 Å². The molecular weight excluding hydrogens is 310 g/mol. The summed E-state index contributed by atoms with van der Waals surface area (Å²) in [4.78, 5) is 26.2. The Labute approximate surface area is 138 Å². The van der Waals surface area contributed by atoms with Gasteiger partial charge in [0.05, 0.1) is 16.7 Å². The number of thiazole rings is 1. The lowest BCUT2D eigenvalue weighted by molar-refractivity contribution is 0.0940. The SMILES string of the molecule is Cc1nc(C)c([C@@H](C)NC(=O)c2ccnc(-n3ccnc3)c2)s1. The molecule has 23 heavy (non-hydrogen) atoms. The van der Waals surface area contributed by atoms with E-state index in [-0.39, 0.29) is 11.9 Å². The molecule has 0 saturated heterocycles. The van der Waals surface area contributed by atoms with Gasteiger partial charge in [0.15, 0.2) is 0 Å². The van der Waals surface area contributed by atoms with Crippen molar-refractivity contribution in [3.8, 4) is 5.82 Å². The van der Waals surface area contributed by atoms with Crippen LogP contribution in [0.2, 0.25) is 0 Å². The molecule has 0 radical (unpaired) electrons. The second kappa shape index (κ2) is 6.29. The summed E-state index contributed by atoms with van der Waals surface area (Å²) in [5.41, 5.74) is 1.53. The first-order chi connectivity index (χ1) is 11.0. The highest BCUT2D eigenvalue weighted by molar-refractivity contribution is 7.11. The van der Waals surface area contributed by atoms with E-state index in [0.717, 1.165) is 15.6 Å². The fraction of sp³-hybridized carbons (Fsp3) is 0.250. The zero-order valence-corrected chi connectivity index (χ0v) is 14.0. The van der Waals surface area contributed by atoms with Gasteiger partial charge >= 0.3 is 0 Å². The number of hydrogen-bond donors (Lipinski definition) is 1. The van der Waals surface area contributed by atoms with Crippen LogP contribution in [0.25, 0.3) is 5.82 Å². The van der Waals surface area contributed by atoms with E-state index in [1.165, 1.54) is 0 Å². The van der Waals surface area contributed by atoms with Gasteiger partial charge in [-0.1, -0.05) is 0 Å². The molecular formula is C16H17N5OS. The van der Waals surface area contributed by atoms with Crippen LogP contribution >= 0.6 is 11.3 Å². The van der Waals surface area contributed by atoms with Gasteiger partial charge in [0.25, 0.3) is 5.91 Å². The number of hydrogen-bond acceptors (Lipinski definition) is 5. The van der Waals surface area contributed by atoms with Crippen LogP contribution in [0.4, 0.5) is 0 Å². The molecule has 0 aliphatic rings. The Morgan fingerprint density at radius 1 is 1.35 bits per heavy atom. The van der Waals surface area contributed by atoms with Crippen LogP contribution in [0, 0.1) is 13.8 Å². The minimum absolute atomic E-state index is 0.0847. The lowest BCUT2D eigenvalue weighted by atomic mass is 10.2. The zero-order valence-electron chi connectivity index (χ0n) is 13.1. The number of rotatable bonds is 4. The predicted octanol–water partition coefficient (Wildman–Crippen LogP) is 2.83. The molecule has 0 aromatic carbocycles. The van der Waals surface area contributed by atoms with Gasteiger partial charge in [0.1, 0.15) is 12.1 Å². The molecule has 3 aromatic heterocycles. The lowest BCUT2D eigenvalue weighted by Gasteiger charge is -2.13. The van der Waals surface area contributed by atoms with E-state index >= 15 is 0 Å². The van der Waals surface area contributed by atoms with Crippen LogP contribution in [0.1, 0.15) is 38.9 Å². The number of aryl methyl sites for hydroxylation is 2. The van der Waals surface area contributed by atoms with Gasteiger partial charge < -0.3 is 5.32 Å². The van der Waals surface area contributed by atoms with Crippen molar-refractivity contribution in [2.45, 2.75) is 26.8 Å². The topological polar surface area (TPSA) is 72.7 Å². The summed E-state index contributed by atoms with van der Waals surface area (Å²) in [7, 11) is 0. The molecule has 3 rings (SSSR count). The largest absolute Gasteiger partial charge is 0.345 e. The number of aromatic nitrogens is 4. The van der Waals surface area contributed by atoms with Crippen molar-refractivity contribution >= 4 is 17.2 Å². The monoisotopic (exact) mass is 327 g/mol. The molecule has 1 amide bonds. The van der Waals surface area contributed by atoms with E-state index in [1.54, 1.807) is 53.0 Å². The Hall–Kier alpha value is -2.54. The molecule has 0 fully saturated rings. The Morgan fingerprint density at radius 3 is 2.83 bits per heavy atom. The van der Waals surface area contributed by atoms with Crippen molar-refractivity contribution < 1.29 is 4.79 Å². The van der Waals surface area contributed by atoms with Gasteiger partial charge in [-0.2, -0.15) is 0 Å². The molecule has 0 saturated carbocycles. The fourth-order valence-electron chi connectivity index (χ4n) is 2.39. The van der Waals surface area contributed by atoms with E-state index in [4.69, 9.17) is 0 Å². The molecule has 0 aliphatic carbocycles. The number of nitrogens with one attached hydrogen (secondary N) is 1. The minimum Gasteiger partial charge on any atom is -0.345 e. The number of nitrogens with zero attached hydrogens (tertiary/aromatic N) is 4. The summed E-state index contributed by atoms with van der Waals surface area (Å²) in [6, 6.07) is 3.36. The maximum atomic E-state index is 12.5. The number of pyridine rings is 1. The molecule has 3 heterocycles. The number of imidazole rings is 1. The van der Waals surface area contributed by atoms with Crippen LogP contribution in [-0.2, 0) is 0 Å². The third-order valence-electron chi connectivity index (χ3n) is 3.46. The third-order valence-corrected chi connectivity index (χ3v) is 4.71. The first-order valence-corrected chi connectivity index (χ1v) is 8.05. The summed E-state index contributed by atoms with van der Waals surface area (Å²) in [5, 5.41) is 4.02.